The highest BCUT2D eigenvalue weighted by molar-refractivity contribution is 6.01. The van der Waals surface area contributed by atoms with Crippen molar-refractivity contribution in [3.8, 4) is 22.3 Å². The fourth-order valence-electron chi connectivity index (χ4n) is 3.55. The van der Waals surface area contributed by atoms with Crippen LogP contribution in [0.2, 0.25) is 0 Å². The van der Waals surface area contributed by atoms with E-state index in [0.717, 1.165) is 46.6 Å². The number of carbonyl (C=O) groups is 1. The first-order valence-corrected chi connectivity index (χ1v) is 9.95. The van der Waals surface area contributed by atoms with Gasteiger partial charge in [-0.1, -0.05) is 66.7 Å². The van der Waals surface area contributed by atoms with Crippen LogP contribution >= 0.6 is 0 Å². The Morgan fingerprint density at radius 3 is 2.33 bits per heavy atom. The maximum atomic E-state index is 12.2. The van der Waals surface area contributed by atoms with Crippen molar-refractivity contribution in [2.24, 2.45) is 5.73 Å². The SMILES string of the molecule is NC(=O)c1cc(-c2ccccc2NCCc2ccccn2)ccc1-c1ccccc1. The smallest absolute Gasteiger partial charge is 0.249 e. The summed E-state index contributed by atoms with van der Waals surface area (Å²) in [5.41, 5.74) is 12.1. The van der Waals surface area contributed by atoms with Crippen molar-refractivity contribution in [3.63, 3.8) is 0 Å². The highest BCUT2D eigenvalue weighted by Gasteiger charge is 2.13. The van der Waals surface area contributed by atoms with Gasteiger partial charge in [-0.3, -0.25) is 9.78 Å². The largest absolute Gasteiger partial charge is 0.384 e. The minimum absolute atomic E-state index is 0.434. The number of benzene rings is 3. The van der Waals surface area contributed by atoms with Crippen molar-refractivity contribution < 1.29 is 4.79 Å². The van der Waals surface area contributed by atoms with Crippen LogP contribution in [0.4, 0.5) is 5.69 Å². The number of primary amides is 1. The number of aromatic nitrogens is 1. The molecule has 4 aromatic rings. The Kier molecular flexibility index (Phi) is 5.85. The van der Waals surface area contributed by atoms with Crippen molar-refractivity contribution in [1.29, 1.82) is 0 Å². The van der Waals surface area contributed by atoms with E-state index in [1.807, 2.05) is 97.2 Å². The minimum atomic E-state index is -0.434. The number of anilines is 1. The average Bonchev–Trinajstić information content (AvgIpc) is 2.80. The summed E-state index contributed by atoms with van der Waals surface area (Å²) in [5, 5.41) is 3.50. The number of hydrogen-bond donors (Lipinski definition) is 2. The van der Waals surface area contributed by atoms with Crippen LogP contribution in [0, 0.1) is 0 Å². The van der Waals surface area contributed by atoms with Crippen molar-refractivity contribution in [3.05, 3.63) is 108 Å². The average molecular weight is 393 g/mol. The molecule has 0 aliphatic carbocycles. The van der Waals surface area contributed by atoms with E-state index in [4.69, 9.17) is 5.73 Å². The highest BCUT2D eigenvalue weighted by atomic mass is 16.1. The normalized spacial score (nSPS) is 10.5. The zero-order valence-corrected chi connectivity index (χ0v) is 16.6. The van der Waals surface area contributed by atoms with Gasteiger partial charge in [-0.05, 0) is 41.0 Å². The molecule has 1 heterocycles. The van der Waals surface area contributed by atoms with Crippen molar-refractivity contribution in [1.82, 2.24) is 4.98 Å². The van der Waals surface area contributed by atoms with Gasteiger partial charge in [-0.25, -0.2) is 0 Å². The van der Waals surface area contributed by atoms with Crippen molar-refractivity contribution in [2.75, 3.05) is 11.9 Å². The number of nitrogens with two attached hydrogens (primary N) is 1. The molecule has 0 saturated heterocycles. The molecule has 4 rings (SSSR count). The second-order valence-corrected chi connectivity index (χ2v) is 7.03. The molecule has 0 bridgehead atoms. The second kappa shape index (κ2) is 9.05. The van der Waals surface area contributed by atoms with Gasteiger partial charge in [0.1, 0.15) is 0 Å². The molecule has 0 unspecified atom stereocenters. The Balaban J connectivity index is 1.62. The molecule has 3 N–H and O–H groups in total. The first kappa shape index (κ1) is 19.4. The fraction of sp³-hybridized carbons (Fsp3) is 0.0769. The summed E-state index contributed by atoms with van der Waals surface area (Å²) in [5.74, 6) is -0.434. The van der Waals surface area contributed by atoms with Gasteiger partial charge in [0.25, 0.3) is 0 Å². The van der Waals surface area contributed by atoms with E-state index >= 15 is 0 Å². The van der Waals surface area contributed by atoms with Gasteiger partial charge in [-0.15, -0.1) is 0 Å². The molecular weight excluding hydrogens is 370 g/mol. The number of rotatable bonds is 7. The third-order valence-corrected chi connectivity index (χ3v) is 5.03. The van der Waals surface area contributed by atoms with Crippen LogP contribution in [0.15, 0.2) is 97.2 Å². The molecule has 1 aromatic heterocycles. The second-order valence-electron chi connectivity index (χ2n) is 7.03. The number of hydrogen-bond acceptors (Lipinski definition) is 3. The number of nitrogens with one attached hydrogen (secondary N) is 1. The van der Waals surface area contributed by atoms with Crippen LogP contribution in [0.3, 0.4) is 0 Å². The molecule has 30 heavy (non-hydrogen) atoms. The zero-order chi connectivity index (χ0) is 20.8. The van der Waals surface area contributed by atoms with E-state index in [1.54, 1.807) is 0 Å². The molecule has 0 aliphatic heterocycles. The Morgan fingerprint density at radius 1 is 0.800 bits per heavy atom. The third-order valence-electron chi connectivity index (χ3n) is 5.03. The van der Waals surface area contributed by atoms with E-state index in [2.05, 4.69) is 10.3 Å². The van der Waals surface area contributed by atoms with E-state index in [9.17, 15) is 4.79 Å². The molecule has 148 valence electrons. The lowest BCUT2D eigenvalue weighted by atomic mass is 9.94. The fourth-order valence-corrected chi connectivity index (χ4v) is 3.55. The van der Waals surface area contributed by atoms with E-state index in [1.165, 1.54) is 0 Å². The molecule has 0 saturated carbocycles. The number of amides is 1. The van der Waals surface area contributed by atoms with Gasteiger partial charge in [0.05, 0.1) is 0 Å². The van der Waals surface area contributed by atoms with E-state index < -0.39 is 5.91 Å². The van der Waals surface area contributed by atoms with Gasteiger partial charge in [-0.2, -0.15) is 0 Å². The summed E-state index contributed by atoms with van der Waals surface area (Å²) in [6.45, 7) is 0.763. The molecule has 0 aliphatic rings. The quantitative estimate of drug-likeness (QED) is 0.455. The van der Waals surface area contributed by atoms with Crippen LogP contribution in [-0.4, -0.2) is 17.4 Å². The predicted octanol–water partition coefficient (Wildman–Crippen LogP) is 5.17. The van der Waals surface area contributed by atoms with Crippen LogP contribution in [0.25, 0.3) is 22.3 Å². The summed E-state index contributed by atoms with van der Waals surface area (Å²) in [4.78, 5) is 16.6. The molecule has 0 fully saturated rings. The molecule has 0 spiro atoms. The van der Waals surface area contributed by atoms with E-state index in [-0.39, 0.29) is 0 Å². The van der Waals surface area contributed by atoms with Crippen LogP contribution < -0.4 is 11.1 Å². The molecule has 0 atom stereocenters. The van der Waals surface area contributed by atoms with Crippen LogP contribution in [0.1, 0.15) is 16.1 Å². The Labute approximate surface area is 176 Å². The van der Waals surface area contributed by atoms with Gasteiger partial charge in [0.15, 0.2) is 0 Å². The van der Waals surface area contributed by atoms with Crippen molar-refractivity contribution >= 4 is 11.6 Å². The molecule has 3 aromatic carbocycles. The molecule has 4 nitrogen and oxygen atoms in total. The lowest BCUT2D eigenvalue weighted by molar-refractivity contribution is 0.100. The van der Waals surface area contributed by atoms with Gasteiger partial charge < -0.3 is 11.1 Å². The van der Waals surface area contributed by atoms with E-state index in [0.29, 0.717) is 5.56 Å². The minimum Gasteiger partial charge on any atom is -0.384 e. The van der Waals surface area contributed by atoms with Gasteiger partial charge in [0.2, 0.25) is 5.91 Å². The lowest BCUT2D eigenvalue weighted by Gasteiger charge is -2.14. The number of para-hydroxylation sites is 1. The molecule has 1 amide bonds. The summed E-state index contributed by atoms with van der Waals surface area (Å²) < 4.78 is 0. The summed E-state index contributed by atoms with van der Waals surface area (Å²) in [6.07, 6.45) is 2.64. The Bertz CT molecular complexity index is 1140. The highest BCUT2D eigenvalue weighted by Crippen LogP contribution is 2.32. The van der Waals surface area contributed by atoms with Gasteiger partial charge >= 0.3 is 0 Å². The third kappa shape index (κ3) is 4.39. The molecular formula is C26H23N3O. The summed E-state index contributed by atoms with van der Waals surface area (Å²) in [7, 11) is 0. The van der Waals surface area contributed by atoms with Gasteiger partial charge in [0, 0.05) is 41.7 Å². The maximum absolute atomic E-state index is 12.2. The zero-order valence-electron chi connectivity index (χ0n) is 16.6. The Morgan fingerprint density at radius 2 is 1.57 bits per heavy atom. The predicted molar refractivity (Wildman–Crippen MR) is 122 cm³/mol. The van der Waals surface area contributed by atoms with Crippen LogP contribution in [0.5, 0.6) is 0 Å². The first-order valence-electron chi connectivity index (χ1n) is 9.95. The lowest BCUT2D eigenvalue weighted by Crippen LogP contribution is -2.12. The monoisotopic (exact) mass is 393 g/mol. The number of nitrogens with zero attached hydrogens (tertiary/aromatic N) is 1. The van der Waals surface area contributed by atoms with Crippen molar-refractivity contribution in [2.45, 2.75) is 6.42 Å². The topological polar surface area (TPSA) is 68.0 Å². The number of pyridine rings is 1. The standard InChI is InChI=1S/C26H23N3O/c27-26(30)24-18-20(13-14-22(24)19-8-2-1-3-9-19)23-11-4-5-12-25(23)29-17-15-21-10-6-7-16-28-21/h1-14,16,18,29H,15,17H2,(H2,27,30). The van der Waals surface area contributed by atoms with Crippen LogP contribution in [-0.2, 0) is 6.42 Å². The molecule has 0 radical (unpaired) electrons. The summed E-state index contributed by atoms with van der Waals surface area (Å²) >= 11 is 0. The Hall–Kier alpha value is -3.92. The maximum Gasteiger partial charge on any atom is 0.249 e. The number of carbonyl (C=O) groups excluding carboxylic acids is 1. The summed E-state index contributed by atoms with van der Waals surface area (Å²) in [6, 6.07) is 29.7. The molecule has 4 heteroatoms. The first-order chi connectivity index (χ1) is 14.7.